The molecule has 1 saturated carbocycles. The van der Waals surface area contributed by atoms with Gasteiger partial charge in [-0.2, -0.15) is 0 Å². The van der Waals surface area contributed by atoms with Gasteiger partial charge in [-0.3, -0.25) is 24.2 Å². The van der Waals surface area contributed by atoms with Crippen LogP contribution in [0.2, 0.25) is 0 Å². The first-order valence-electron chi connectivity index (χ1n) is 15.2. The third kappa shape index (κ3) is 3.71. The Morgan fingerprint density at radius 1 is 1.24 bits per heavy atom. The number of nitrogens with zero attached hydrogens (tertiary/aromatic N) is 3. The van der Waals surface area contributed by atoms with Crippen LogP contribution in [0.25, 0.3) is 0 Å². The number of anilines is 1. The van der Waals surface area contributed by atoms with Crippen molar-refractivity contribution in [2.75, 3.05) is 46.7 Å². The zero-order chi connectivity index (χ0) is 30.4. The topological polar surface area (TPSA) is 116 Å². The average molecular weight is 577 g/mol. The summed E-state index contributed by atoms with van der Waals surface area (Å²) in [6.07, 6.45) is 4.59. The molecule has 9 nitrogen and oxygen atoms in total. The standard InChI is InChI=1S/C33H44N4O5/c1-8-19-10-9-11-37(19)15-18-14-22(38)24-20(27(18)35(3)4)12-17-13-21-28(36(5)6)30(40)25(32(34)41)26-16(2)33(21,26)31(42-7)23(17)29(24)39/h14,17,19,21,25,28,38H,8-13,15H2,1-7H3,(H2,34,41). The van der Waals surface area contributed by atoms with Crippen molar-refractivity contribution in [1.29, 1.82) is 0 Å². The second-order valence-electron chi connectivity index (χ2n) is 13.3. The van der Waals surface area contributed by atoms with Gasteiger partial charge in [-0.15, -0.1) is 0 Å². The third-order valence-electron chi connectivity index (χ3n) is 10.9. The minimum absolute atomic E-state index is 0.00424. The highest BCUT2D eigenvalue weighted by molar-refractivity contribution is 6.16. The van der Waals surface area contributed by atoms with E-state index in [-0.39, 0.29) is 29.2 Å². The molecule has 6 atom stereocenters. The van der Waals surface area contributed by atoms with E-state index in [1.54, 1.807) is 13.2 Å². The molecule has 1 aliphatic heterocycles. The number of likely N-dealkylation sites (tertiary alicyclic amines) is 1. The number of Topliss-reactive ketones (excluding diaryl/α,β-unsaturated/α-hetero) is 2. The molecule has 0 aromatic heterocycles. The van der Waals surface area contributed by atoms with Gasteiger partial charge in [-0.05, 0) is 88.4 Å². The lowest BCUT2D eigenvalue weighted by Crippen LogP contribution is -2.58. The van der Waals surface area contributed by atoms with Crippen LogP contribution >= 0.6 is 0 Å². The first-order valence-corrected chi connectivity index (χ1v) is 15.2. The van der Waals surface area contributed by atoms with Crippen molar-refractivity contribution in [3.05, 3.63) is 45.2 Å². The number of nitrogens with two attached hydrogens (primary N) is 1. The number of hydrogen-bond acceptors (Lipinski definition) is 8. The maximum atomic E-state index is 14.5. The predicted molar refractivity (Wildman–Crippen MR) is 160 cm³/mol. The molecule has 5 aliphatic rings. The summed E-state index contributed by atoms with van der Waals surface area (Å²) >= 11 is 0. The third-order valence-corrected chi connectivity index (χ3v) is 10.9. The van der Waals surface area contributed by atoms with Crippen LogP contribution in [0.4, 0.5) is 5.69 Å². The Balaban J connectivity index is 1.51. The Kier molecular flexibility index (Phi) is 6.85. The number of phenolic OH excluding ortho intramolecular Hbond substituents is 1. The predicted octanol–water partition coefficient (Wildman–Crippen LogP) is 3.04. The van der Waals surface area contributed by atoms with Crippen LogP contribution in [-0.4, -0.2) is 86.3 Å². The number of methoxy groups -OCH3 is 1. The number of rotatable bonds is 7. The molecule has 3 N–H and O–H groups in total. The van der Waals surface area contributed by atoms with Gasteiger partial charge in [-0.25, -0.2) is 0 Å². The Morgan fingerprint density at radius 3 is 2.55 bits per heavy atom. The van der Waals surface area contributed by atoms with Gasteiger partial charge < -0.3 is 20.5 Å². The van der Waals surface area contributed by atoms with Crippen molar-refractivity contribution in [3.63, 3.8) is 0 Å². The van der Waals surface area contributed by atoms with Gasteiger partial charge >= 0.3 is 0 Å². The summed E-state index contributed by atoms with van der Waals surface area (Å²) in [6.45, 7) is 5.90. The molecule has 0 radical (unpaired) electrons. The lowest BCUT2D eigenvalue weighted by atomic mass is 9.56. The van der Waals surface area contributed by atoms with Gasteiger partial charge in [-0.1, -0.05) is 12.5 Å². The maximum Gasteiger partial charge on any atom is 0.232 e. The zero-order valence-electron chi connectivity index (χ0n) is 25.9. The molecule has 1 aromatic rings. The summed E-state index contributed by atoms with van der Waals surface area (Å²) < 4.78 is 6.11. The lowest BCUT2D eigenvalue weighted by Gasteiger charge is -2.50. The van der Waals surface area contributed by atoms with Crippen LogP contribution in [0.5, 0.6) is 5.75 Å². The van der Waals surface area contributed by atoms with Crippen LogP contribution in [0.15, 0.2) is 28.5 Å². The van der Waals surface area contributed by atoms with E-state index in [9.17, 15) is 19.5 Å². The fourth-order valence-corrected chi connectivity index (χ4v) is 9.42. The van der Waals surface area contributed by atoms with E-state index >= 15 is 0 Å². The van der Waals surface area contributed by atoms with Crippen molar-refractivity contribution in [1.82, 2.24) is 9.80 Å². The molecular formula is C33H44N4O5. The van der Waals surface area contributed by atoms with Gasteiger partial charge in [0.2, 0.25) is 5.91 Å². The number of aromatic hydroxyl groups is 1. The van der Waals surface area contributed by atoms with Gasteiger partial charge in [0.1, 0.15) is 17.4 Å². The summed E-state index contributed by atoms with van der Waals surface area (Å²) in [5.41, 5.74) is 10.4. The monoisotopic (exact) mass is 576 g/mol. The molecule has 6 unspecified atom stereocenters. The zero-order valence-corrected chi connectivity index (χ0v) is 25.9. The number of carbonyl (C=O) groups excluding carboxylic acids is 3. The minimum atomic E-state index is -1.03. The van der Waals surface area contributed by atoms with Gasteiger partial charge in [0.05, 0.1) is 24.1 Å². The molecule has 2 fully saturated rings. The quantitative estimate of drug-likeness (QED) is 0.376. The second kappa shape index (κ2) is 9.95. The van der Waals surface area contributed by atoms with Crippen LogP contribution in [0.1, 0.15) is 61.0 Å². The van der Waals surface area contributed by atoms with E-state index in [2.05, 4.69) is 16.7 Å². The van der Waals surface area contributed by atoms with Crippen molar-refractivity contribution in [3.8, 4) is 5.75 Å². The van der Waals surface area contributed by atoms with Crippen LogP contribution in [0.3, 0.4) is 0 Å². The summed E-state index contributed by atoms with van der Waals surface area (Å²) in [7, 11) is 9.29. The minimum Gasteiger partial charge on any atom is -0.507 e. The first kappa shape index (κ1) is 28.9. The number of benzene rings is 1. The normalized spacial score (nSPS) is 32.0. The summed E-state index contributed by atoms with van der Waals surface area (Å²) in [6, 6.07) is 1.76. The first-order chi connectivity index (χ1) is 19.9. The summed E-state index contributed by atoms with van der Waals surface area (Å²) in [4.78, 5) is 47.3. The Morgan fingerprint density at radius 2 is 1.95 bits per heavy atom. The molecular weight excluding hydrogens is 532 g/mol. The number of amides is 1. The average Bonchev–Trinajstić information content (AvgIpc) is 3.25. The molecule has 1 amide bonds. The fraction of sp³-hybridized carbons (Fsp3) is 0.606. The highest BCUT2D eigenvalue weighted by Crippen LogP contribution is 2.73. The molecule has 1 saturated heterocycles. The van der Waals surface area contributed by atoms with Crippen molar-refractivity contribution < 1.29 is 24.2 Å². The van der Waals surface area contributed by atoms with Gasteiger partial charge in [0, 0.05) is 43.9 Å². The number of likely N-dealkylation sites (N-methyl/N-ethyl adjacent to an activating group) is 1. The highest BCUT2D eigenvalue weighted by Gasteiger charge is 2.72. The molecule has 226 valence electrons. The second-order valence-corrected chi connectivity index (χ2v) is 13.3. The molecule has 6 rings (SSSR count). The largest absolute Gasteiger partial charge is 0.507 e. The molecule has 1 spiro atoms. The SMILES string of the molecule is CCC1CCCN1Cc1cc(O)c2c(c1N(C)C)CC1CC3C(N(C)C)C(=O)C(C(N)=O)C4=C(C)C43C(OC)=C1C2=O. The Hall–Kier alpha value is -3.17. The molecule has 0 bridgehead atoms. The number of ether oxygens (including phenoxy) is 1. The van der Waals surface area contributed by atoms with Crippen LogP contribution < -0.4 is 10.6 Å². The Bertz CT molecular complexity index is 1460. The number of phenols is 1. The Labute approximate surface area is 248 Å². The highest BCUT2D eigenvalue weighted by atomic mass is 16.5. The van der Waals surface area contributed by atoms with Gasteiger partial charge in [0.25, 0.3) is 0 Å². The molecule has 4 aliphatic carbocycles. The number of hydrogen-bond donors (Lipinski definition) is 2. The smallest absolute Gasteiger partial charge is 0.232 e. The number of allylic oxidation sites excluding steroid dienone is 2. The van der Waals surface area contributed by atoms with Crippen molar-refractivity contribution in [2.24, 2.45) is 28.9 Å². The van der Waals surface area contributed by atoms with E-state index in [0.29, 0.717) is 41.4 Å². The van der Waals surface area contributed by atoms with Crippen LogP contribution in [0, 0.1) is 23.2 Å². The van der Waals surface area contributed by atoms with E-state index in [1.165, 1.54) is 12.8 Å². The molecule has 9 heteroatoms. The fourth-order valence-electron chi connectivity index (χ4n) is 9.42. The molecule has 1 heterocycles. The van der Waals surface area contributed by atoms with Crippen molar-refractivity contribution >= 4 is 23.2 Å². The lowest BCUT2D eigenvalue weighted by molar-refractivity contribution is -0.138. The molecule has 42 heavy (non-hydrogen) atoms. The maximum absolute atomic E-state index is 14.5. The van der Waals surface area contributed by atoms with E-state index in [1.807, 2.05) is 40.0 Å². The van der Waals surface area contributed by atoms with Crippen LogP contribution in [-0.2, 0) is 27.3 Å². The number of primary amides is 1. The summed E-state index contributed by atoms with van der Waals surface area (Å²) in [5.74, 6) is -1.93. The number of fused-ring (bicyclic) bond motifs is 2. The number of carbonyl (C=O) groups is 3. The van der Waals surface area contributed by atoms with E-state index in [4.69, 9.17) is 10.5 Å². The summed E-state index contributed by atoms with van der Waals surface area (Å²) in [5, 5.41) is 11.4. The molecule has 1 aromatic carbocycles. The number of ketones is 2. The van der Waals surface area contributed by atoms with Crippen molar-refractivity contribution in [2.45, 2.75) is 64.6 Å². The van der Waals surface area contributed by atoms with E-state index in [0.717, 1.165) is 41.9 Å². The van der Waals surface area contributed by atoms with E-state index < -0.39 is 23.3 Å². The van der Waals surface area contributed by atoms with Gasteiger partial charge in [0.15, 0.2) is 11.6 Å².